The van der Waals surface area contributed by atoms with Crippen LogP contribution in [-0.4, -0.2) is 28.5 Å². The highest BCUT2D eigenvalue weighted by Gasteiger charge is 2.02. The molecule has 0 radical (unpaired) electrons. The quantitative estimate of drug-likeness (QED) is 0.719. The Morgan fingerprint density at radius 1 is 1.50 bits per heavy atom. The molecule has 0 aliphatic heterocycles. The first-order chi connectivity index (χ1) is 7.76. The fourth-order valence-corrected chi connectivity index (χ4v) is 2.04. The second-order valence-corrected chi connectivity index (χ2v) is 5.01. The summed E-state index contributed by atoms with van der Waals surface area (Å²) in [4.78, 5) is 4.35. The number of aromatic nitrogens is 1. The normalized spacial score (nSPS) is 12.4. The number of thioether (sulfide) groups is 1. The van der Waals surface area contributed by atoms with E-state index in [9.17, 15) is 0 Å². The van der Waals surface area contributed by atoms with Crippen molar-refractivity contribution < 1.29 is 5.11 Å². The standard InChI is InChI=1S/C12H20N2OS/c1-3-16-12-7-6-11(9-13-12)14-10(2)5-4-8-15/h6-7,9-10,14-15H,3-5,8H2,1-2H3. The summed E-state index contributed by atoms with van der Waals surface area (Å²) >= 11 is 1.74. The molecular formula is C12H20N2OS. The highest BCUT2D eigenvalue weighted by atomic mass is 32.2. The summed E-state index contributed by atoms with van der Waals surface area (Å²) in [6.07, 6.45) is 3.68. The molecule has 1 atom stereocenters. The maximum atomic E-state index is 8.73. The lowest BCUT2D eigenvalue weighted by atomic mass is 10.2. The van der Waals surface area contributed by atoms with Crippen LogP contribution in [0.1, 0.15) is 26.7 Å². The third kappa shape index (κ3) is 4.86. The molecule has 0 saturated heterocycles. The summed E-state index contributed by atoms with van der Waals surface area (Å²) in [5.74, 6) is 1.05. The van der Waals surface area contributed by atoms with E-state index in [0.29, 0.717) is 6.04 Å². The average Bonchev–Trinajstić information content (AvgIpc) is 2.29. The smallest absolute Gasteiger partial charge is 0.0961 e. The predicted molar refractivity (Wildman–Crippen MR) is 70.0 cm³/mol. The van der Waals surface area contributed by atoms with Gasteiger partial charge < -0.3 is 10.4 Å². The summed E-state index contributed by atoms with van der Waals surface area (Å²) < 4.78 is 0. The summed E-state index contributed by atoms with van der Waals surface area (Å²) in [6, 6.07) is 4.47. The molecule has 1 aromatic rings. The SMILES string of the molecule is CCSc1ccc(NC(C)CCCO)cn1. The molecule has 1 rings (SSSR count). The van der Waals surface area contributed by atoms with Gasteiger partial charge in [-0.1, -0.05) is 6.92 Å². The van der Waals surface area contributed by atoms with Gasteiger partial charge in [0.15, 0.2) is 0 Å². The zero-order valence-corrected chi connectivity index (χ0v) is 10.8. The number of pyridine rings is 1. The minimum absolute atomic E-state index is 0.260. The Hall–Kier alpha value is -0.740. The van der Waals surface area contributed by atoms with Crippen LogP contribution in [0.4, 0.5) is 5.69 Å². The van der Waals surface area contributed by atoms with Crippen LogP contribution in [0.2, 0.25) is 0 Å². The second-order valence-electron chi connectivity index (χ2n) is 3.73. The van der Waals surface area contributed by atoms with E-state index < -0.39 is 0 Å². The molecule has 2 N–H and O–H groups in total. The summed E-state index contributed by atoms with van der Waals surface area (Å²) in [5, 5.41) is 13.2. The van der Waals surface area contributed by atoms with Crippen molar-refractivity contribution in [3.63, 3.8) is 0 Å². The van der Waals surface area contributed by atoms with Crippen LogP contribution in [0, 0.1) is 0 Å². The first-order valence-electron chi connectivity index (χ1n) is 5.72. The third-order valence-corrected chi connectivity index (χ3v) is 3.06. The zero-order valence-electron chi connectivity index (χ0n) is 9.94. The summed E-state index contributed by atoms with van der Waals surface area (Å²) in [6.45, 7) is 4.50. The van der Waals surface area contributed by atoms with Crippen LogP contribution in [-0.2, 0) is 0 Å². The van der Waals surface area contributed by atoms with E-state index in [-0.39, 0.29) is 6.61 Å². The van der Waals surface area contributed by atoms with Gasteiger partial charge in [0.1, 0.15) is 0 Å². The average molecular weight is 240 g/mol. The van der Waals surface area contributed by atoms with Crippen LogP contribution in [0.5, 0.6) is 0 Å². The Morgan fingerprint density at radius 2 is 2.31 bits per heavy atom. The highest BCUT2D eigenvalue weighted by Crippen LogP contribution is 2.17. The molecule has 1 unspecified atom stereocenters. The van der Waals surface area contributed by atoms with Gasteiger partial charge in [-0.25, -0.2) is 4.98 Å². The fraction of sp³-hybridized carbons (Fsp3) is 0.583. The number of nitrogens with one attached hydrogen (secondary N) is 1. The van der Waals surface area contributed by atoms with Crippen LogP contribution in [0.3, 0.4) is 0 Å². The van der Waals surface area contributed by atoms with E-state index in [1.807, 2.05) is 12.3 Å². The summed E-state index contributed by atoms with van der Waals surface area (Å²) in [5.41, 5.74) is 1.05. The highest BCUT2D eigenvalue weighted by molar-refractivity contribution is 7.99. The number of anilines is 1. The molecule has 0 aromatic carbocycles. The second kappa shape index (κ2) is 7.52. The molecule has 0 bridgehead atoms. The van der Waals surface area contributed by atoms with Gasteiger partial charge in [0.05, 0.1) is 16.9 Å². The molecule has 0 fully saturated rings. The van der Waals surface area contributed by atoms with Gasteiger partial charge in [-0.3, -0.25) is 0 Å². The van der Waals surface area contributed by atoms with Crippen molar-refractivity contribution in [2.75, 3.05) is 17.7 Å². The zero-order chi connectivity index (χ0) is 11.8. The van der Waals surface area contributed by atoms with Gasteiger partial charge in [-0.05, 0) is 37.7 Å². The van der Waals surface area contributed by atoms with Crippen molar-refractivity contribution in [1.29, 1.82) is 0 Å². The molecule has 4 heteroatoms. The van der Waals surface area contributed by atoms with Crippen molar-refractivity contribution in [2.45, 2.75) is 37.8 Å². The van der Waals surface area contributed by atoms with E-state index in [0.717, 1.165) is 29.3 Å². The first kappa shape index (κ1) is 13.3. The van der Waals surface area contributed by atoms with Gasteiger partial charge in [0.2, 0.25) is 0 Å². The minimum Gasteiger partial charge on any atom is -0.396 e. The molecular weight excluding hydrogens is 220 g/mol. The topological polar surface area (TPSA) is 45.1 Å². The molecule has 90 valence electrons. The number of hydrogen-bond acceptors (Lipinski definition) is 4. The maximum absolute atomic E-state index is 8.73. The van der Waals surface area contributed by atoms with Crippen LogP contribution < -0.4 is 5.32 Å². The van der Waals surface area contributed by atoms with Gasteiger partial charge in [0, 0.05) is 12.6 Å². The maximum Gasteiger partial charge on any atom is 0.0961 e. The van der Waals surface area contributed by atoms with Gasteiger partial charge >= 0.3 is 0 Å². The van der Waals surface area contributed by atoms with E-state index in [1.54, 1.807) is 11.8 Å². The fourth-order valence-electron chi connectivity index (χ4n) is 1.45. The van der Waals surface area contributed by atoms with Crippen molar-refractivity contribution in [3.8, 4) is 0 Å². The molecule has 0 saturated carbocycles. The van der Waals surface area contributed by atoms with Crippen LogP contribution >= 0.6 is 11.8 Å². The van der Waals surface area contributed by atoms with Crippen molar-refractivity contribution in [1.82, 2.24) is 4.98 Å². The minimum atomic E-state index is 0.260. The summed E-state index contributed by atoms with van der Waals surface area (Å²) in [7, 11) is 0. The van der Waals surface area contributed by atoms with Crippen molar-refractivity contribution in [2.24, 2.45) is 0 Å². The van der Waals surface area contributed by atoms with E-state index >= 15 is 0 Å². The molecule has 0 amide bonds. The molecule has 1 heterocycles. The number of rotatable bonds is 7. The van der Waals surface area contributed by atoms with Gasteiger partial charge in [-0.15, -0.1) is 11.8 Å². The lowest BCUT2D eigenvalue weighted by Gasteiger charge is -2.14. The Kier molecular flexibility index (Phi) is 6.26. The Morgan fingerprint density at radius 3 is 2.88 bits per heavy atom. The van der Waals surface area contributed by atoms with Gasteiger partial charge in [0.25, 0.3) is 0 Å². The number of hydrogen-bond donors (Lipinski definition) is 2. The van der Waals surface area contributed by atoms with E-state index in [2.05, 4.69) is 30.2 Å². The Labute approximate surface area is 102 Å². The predicted octanol–water partition coefficient (Wildman–Crippen LogP) is 2.77. The first-order valence-corrected chi connectivity index (χ1v) is 6.71. The lowest BCUT2D eigenvalue weighted by molar-refractivity contribution is 0.282. The molecule has 3 nitrogen and oxygen atoms in total. The van der Waals surface area contributed by atoms with E-state index in [4.69, 9.17) is 5.11 Å². The number of aliphatic hydroxyl groups excluding tert-OH is 1. The number of nitrogens with zero attached hydrogens (tertiary/aromatic N) is 1. The van der Waals surface area contributed by atoms with Crippen molar-refractivity contribution in [3.05, 3.63) is 18.3 Å². The van der Waals surface area contributed by atoms with E-state index in [1.165, 1.54) is 0 Å². The molecule has 0 spiro atoms. The Bertz CT molecular complexity index is 290. The largest absolute Gasteiger partial charge is 0.396 e. The third-order valence-electron chi connectivity index (χ3n) is 2.24. The molecule has 0 aliphatic rings. The van der Waals surface area contributed by atoms with Crippen LogP contribution in [0.15, 0.2) is 23.4 Å². The molecule has 1 aromatic heterocycles. The van der Waals surface area contributed by atoms with Crippen LogP contribution in [0.25, 0.3) is 0 Å². The Balaban J connectivity index is 2.41. The monoisotopic (exact) mass is 240 g/mol. The lowest BCUT2D eigenvalue weighted by Crippen LogP contribution is -2.15. The molecule has 16 heavy (non-hydrogen) atoms. The number of aliphatic hydroxyl groups is 1. The molecule has 0 aliphatic carbocycles. The van der Waals surface area contributed by atoms with Crippen molar-refractivity contribution >= 4 is 17.4 Å². The van der Waals surface area contributed by atoms with Gasteiger partial charge in [-0.2, -0.15) is 0 Å².